The maximum absolute atomic E-state index is 13.5. The van der Waals surface area contributed by atoms with Gasteiger partial charge in [0.1, 0.15) is 0 Å². The third kappa shape index (κ3) is 5.62. The van der Waals surface area contributed by atoms with Crippen molar-refractivity contribution in [2.24, 2.45) is 0 Å². The number of aromatic carboxylic acids is 1. The van der Waals surface area contributed by atoms with Crippen molar-refractivity contribution < 1.29 is 36.9 Å². The predicted octanol–water partition coefficient (Wildman–Crippen LogP) is 4.15. The van der Waals surface area contributed by atoms with Crippen molar-refractivity contribution in [3.8, 4) is 6.26 Å². The van der Waals surface area contributed by atoms with Gasteiger partial charge in [0, 0.05) is 0 Å². The van der Waals surface area contributed by atoms with Crippen LogP contribution in [0.5, 0.6) is 0 Å². The molecule has 2 aromatic rings. The molecule has 1 aliphatic heterocycles. The molecule has 3 rings (SSSR count). The number of hydrogen-bond acceptors (Lipinski definition) is 5. The van der Waals surface area contributed by atoms with Gasteiger partial charge in [-0.3, -0.25) is 0 Å². The molecule has 0 aromatic heterocycles. The molecule has 2 N–H and O–H groups in total. The number of nitriles is 1. The van der Waals surface area contributed by atoms with E-state index in [-0.39, 0.29) is 17.7 Å². The van der Waals surface area contributed by atoms with Gasteiger partial charge in [-0.2, -0.15) is 0 Å². The van der Waals surface area contributed by atoms with E-state index >= 15 is 0 Å². The molecule has 12 heteroatoms. The van der Waals surface area contributed by atoms with Gasteiger partial charge in [-0.15, -0.1) is 0 Å². The van der Waals surface area contributed by atoms with Gasteiger partial charge in [0.05, 0.1) is 0 Å². The van der Waals surface area contributed by atoms with Crippen LogP contribution in [0.1, 0.15) is 65.3 Å². The van der Waals surface area contributed by atoms with E-state index in [0.29, 0.717) is 24.5 Å². The normalized spacial score (nSPS) is 17.5. The second kappa shape index (κ2) is 10.6. The summed E-state index contributed by atoms with van der Waals surface area (Å²) in [5.74, 6) is -2.79. The summed E-state index contributed by atoms with van der Waals surface area (Å²) in [6, 6.07) is 6.02. The van der Waals surface area contributed by atoms with E-state index in [1.807, 2.05) is 6.92 Å². The number of amides is 1. The quantitative estimate of drug-likeness (QED) is 0.328. The van der Waals surface area contributed by atoms with Crippen LogP contribution in [0.15, 0.2) is 42.5 Å². The van der Waals surface area contributed by atoms with Gasteiger partial charge in [-0.25, -0.2) is 0 Å². The zero-order chi connectivity index (χ0) is 25.8. The van der Waals surface area contributed by atoms with E-state index in [4.69, 9.17) is 9.92 Å². The fraction of sp³-hybridized carbons (Fsp3) is 0.304. The van der Waals surface area contributed by atoms with Crippen LogP contribution >= 0.6 is 0 Å². The van der Waals surface area contributed by atoms with E-state index in [9.17, 15) is 32.3 Å². The average Bonchev–Trinajstić information content (AvgIpc) is 3.13. The van der Waals surface area contributed by atoms with Crippen LogP contribution in [0.4, 0.5) is 17.6 Å². The number of nitrogens with one attached hydrogen (secondary N) is 1. The Balaban J connectivity index is 2.11. The number of carbonyl (C=O) groups is 2. The zero-order valence-electron chi connectivity index (χ0n) is 18.5. The molecule has 1 aliphatic rings. The summed E-state index contributed by atoms with van der Waals surface area (Å²) in [7, 11) is 0.989. The number of halogens is 4. The molecule has 1 amide bonds. The fourth-order valence-electron chi connectivity index (χ4n) is 3.95. The van der Waals surface area contributed by atoms with Gasteiger partial charge in [0.25, 0.3) is 0 Å². The van der Waals surface area contributed by atoms with Crippen LogP contribution in [0.25, 0.3) is 0 Å². The number of carboxylic acids is 1. The number of carbonyl (C=O) groups excluding carboxylic acids is 1. The first-order valence-electron chi connectivity index (χ1n) is 10.6. The van der Waals surface area contributed by atoms with Crippen LogP contribution in [-0.4, -0.2) is 34.7 Å². The first-order valence-corrected chi connectivity index (χ1v) is 10.6. The molecule has 7 nitrogen and oxygen atoms in total. The molecule has 182 valence electrons. The van der Waals surface area contributed by atoms with E-state index in [0.717, 1.165) is 19.3 Å². The molecule has 0 aliphatic carbocycles. The Labute approximate surface area is 198 Å². The monoisotopic (exact) mass is 489 g/mol. The summed E-state index contributed by atoms with van der Waals surface area (Å²) in [6.07, 6.45) is -1.89. The molecular formula is C23H20BF4N3O4. The van der Waals surface area contributed by atoms with E-state index in [1.54, 1.807) is 0 Å². The second-order valence-corrected chi connectivity index (χ2v) is 7.82. The van der Waals surface area contributed by atoms with Crippen LogP contribution in [-0.2, 0) is 15.6 Å². The molecule has 0 radical (unpaired) electrons. The number of rotatable bonds is 8. The zero-order valence-corrected chi connectivity index (χ0v) is 18.5. The molecule has 35 heavy (non-hydrogen) atoms. The average molecular weight is 489 g/mol. The molecule has 0 bridgehead atoms. The van der Waals surface area contributed by atoms with Crippen molar-refractivity contribution in [3.63, 3.8) is 0 Å². The Morgan fingerprint density at radius 3 is 2.54 bits per heavy atom. The summed E-state index contributed by atoms with van der Waals surface area (Å²) in [5, 5.41) is 21.2. The fourth-order valence-corrected chi connectivity index (χ4v) is 3.95. The van der Waals surface area contributed by atoms with Gasteiger partial charge in [-0.05, 0) is 0 Å². The van der Waals surface area contributed by atoms with Gasteiger partial charge >= 0.3 is 198 Å². The van der Waals surface area contributed by atoms with Crippen molar-refractivity contribution in [1.82, 2.24) is 10.2 Å². The van der Waals surface area contributed by atoms with E-state index in [1.165, 1.54) is 35.4 Å². The SMILES string of the molecule is CCCCC(c1ccc(C(F)(F)F)c(C(=O)O)c1)N1C(=O)C(c2ccc(F)cc2)NC1=BOC#N. The van der Waals surface area contributed by atoms with E-state index < -0.39 is 47.1 Å². The van der Waals surface area contributed by atoms with Crippen LogP contribution < -0.4 is 5.32 Å². The summed E-state index contributed by atoms with van der Waals surface area (Å²) >= 11 is 0. The third-order valence-electron chi connectivity index (χ3n) is 5.57. The van der Waals surface area contributed by atoms with Gasteiger partial charge < -0.3 is 0 Å². The van der Waals surface area contributed by atoms with Crippen LogP contribution in [0.2, 0.25) is 0 Å². The number of hydrogen-bond donors (Lipinski definition) is 2. The van der Waals surface area contributed by atoms with Gasteiger partial charge in [0.2, 0.25) is 0 Å². The molecule has 2 atom stereocenters. The number of nitrogens with zero attached hydrogens (tertiary/aromatic N) is 2. The minimum atomic E-state index is -4.88. The molecule has 0 saturated carbocycles. The first-order chi connectivity index (χ1) is 16.6. The molecule has 1 heterocycles. The Morgan fingerprint density at radius 2 is 1.97 bits per heavy atom. The van der Waals surface area contributed by atoms with Crippen molar-refractivity contribution in [3.05, 3.63) is 70.5 Å². The van der Waals surface area contributed by atoms with Crippen molar-refractivity contribution in [1.29, 1.82) is 5.26 Å². The maximum atomic E-state index is 13.5. The number of carboxylic acid groups (broad SMARTS) is 1. The molecule has 2 unspecified atom stereocenters. The summed E-state index contributed by atoms with van der Waals surface area (Å²) in [6.45, 7) is 1.88. The summed E-state index contributed by atoms with van der Waals surface area (Å²) < 4.78 is 58.2. The third-order valence-corrected chi connectivity index (χ3v) is 5.57. The van der Waals surface area contributed by atoms with Gasteiger partial charge in [-0.1, -0.05) is 0 Å². The number of benzene rings is 2. The van der Waals surface area contributed by atoms with Crippen molar-refractivity contribution in [2.45, 2.75) is 44.4 Å². The first kappa shape index (κ1) is 25.7. The Morgan fingerprint density at radius 1 is 1.29 bits per heavy atom. The molecular weight excluding hydrogens is 469 g/mol. The van der Waals surface area contributed by atoms with E-state index in [2.05, 4.69) is 5.32 Å². The van der Waals surface area contributed by atoms with Crippen LogP contribution in [0.3, 0.4) is 0 Å². The predicted molar refractivity (Wildman–Crippen MR) is 117 cm³/mol. The number of unbranched alkanes of at least 4 members (excludes halogenated alkanes) is 1. The second-order valence-electron chi connectivity index (χ2n) is 7.82. The molecule has 2 aromatic carbocycles. The van der Waals surface area contributed by atoms with Crippen molar-refractivity contribution >= 4 is 24.7 Å². The van der Waals surface area contributed by atoms with Gasteiger partial charge in [0.15, 0.2) is 0 Å². The topological polar surface area (TPSA) is 103 Å². The Kier molecular flexibility index (Phi) is 7.79. The summed E-state index contributed by atoms with van der Waals surface area (Å²) in [4.78, 5) is 26.3. The van der Waals surface area contributed by atoms with Crippen molar-refractivity contribution in [2.75, 3.05) is 0 Å². The summed E-state index contributed by atoms with van der Waals surface area (Å²) in [5.41, 5.74) is -1.60. The molecule has 1 saturated heterocycles. The number of alkyl halides is 3. The molecule has 1 fully saturated rings. The Hall–Kier alpha value is -3.88. The Bertz CT molecular complexity index is 1180. The minimum absolute atomic E-state index is 0.0590. The van der Waals surface area contributed by atoms with Crippen LogP contribution in [0, 0.1) is 17.3 Å². The standard InChI is InChI=1S/C23H20BF4N3O4/c1-2-3-4-18(14-7-10-17(23(26,27)28)16(11-14)21(33)34)31-20(32)19(30-22(31)24-35-12-29)13-5-8-15(25)9-6-13/h5-11,18-19,30H,2-4H2,1H3,(H,33,34). The molecule has 0 spiro atoms.